The lowest BCUT2D eigenvalue weighted by Crippen LogP contribution is -2.45. The van der Waals surface area contributed by atoms with E-state index in [0.717, 1.165) is 13.0 Å². The molecule has 1 aliphatic heterocycles. The monoisotopic (exact) mass is 193 g/mol. The molecular formula is C5H11N3O3S. The highest BCUT2D eigenvalue weighted by Gasteiger charge is 2.23. The maximum atomic E-state index is 11.0. The van der Waals surface area contributed by atoms with Gasteiger partial charge in [0.2, 0.25) is 0 Å². The van der Waals surface area contributed by atoms with Crippen LogP contribution in [-0.4, -0.2) is 26.9 Å². The third kappa shape index (κ3) is 2.76. The zero-order chi connectivity index (χ0) is 9.19. The van der Waals surface area contributed by atoms with Gasteiger partial charge in [0, 0.05) is 0 Å². The first kappa shape index (κ1) is 9.43. The van der Waals surface area contributed by atoms with Crippen molar-refractivity contribution in [3.05, 3.63) is 0 Å². The van der Waals surface area contributed by atoms with E-state index in [1.807, 2.05) is 0 Å². The average Bonchev–Trinajstić information content (AvgIpc) is 2.32. The van der Waals surface area contributed by atoms with Crippen molar-refractivity contribution in [3.8, 4) is 0 Å². The zero-order valence-electron chi connectivity index (χ0n) is 6.41. The second kappa shape index (κ2) is 3.38. The van der Waals surface area contributed by atoms with Gasteiger partial charge >= 0.3 is 0 Å². The van der Waals surface area contributed by atoms with Gasteiger partial charge in [-0.15, -0.1) is 0 Å². The molecule has 4 N–H and O–H groups in total. The average molecular weight is 193 g/mol. The Morgan fingerprint density at radius 2 is 2.25 bits per heavy atom. The molecule has 1 heterocycles. The zero-order valence-corrected chi connectivity index (χ0v) is 7.23. The number of nitrogens with two attached hydrogens (primary N) is 1. The molecule has 1 aliphatic rings. The Morgan fingerprint density at radius 1 is 1.58 bits per heavy atom. The predicted molar refractivity (Wildman–Crippen MR) is 42.3 cm³/mol. The van der Waals surface area contributed by atoms with Crippen LogP contribution in [0, 0.1) is 0 Å². The van der Waals surface area contributed by atoms with Crippen LogP contribution in [0.2, 0.25) is 0 Å². The molecule has 0 aromatic rings. The van der Waals surface area contributed by atoms with Crippen LogP contribution in [0.5, 0.6) is 0 Å². The first-order valence-electron chi connectivity index (χ1n) is 3.57. The summed E-state index contributed by atoms with van der Waals surface area (Å²) in [6.45, 7) is 0.739. The minimum absolute atomic E-state index is 0.414. The minimum atomic E-state index is -3.90. The van der Waals surface area contributed by atoms with Crippen molar-refractivity contribution >= 4 is 16.1 Å². The molecular weight excluding hydrogens is 182 g/mol. The van der Waals surface area contributed by atoms with Crippen molar-refractivity contribution in [1.29, 1.82) is 0 Å². The van der Waals surface area contributed by atoms with E-state index in [2.05, 4.69) is 10.5 Å². The molecule has 0 saturated carbocycles. The number of carbonyl (C=O) groups is 1. The fourth-order valence-electron chi connectivity index (χ4n) is 1.12. The maximum absolute atomic E-state index is 11.0. The van der Waals surface area contributed by atoms with Gasteiger partial charge in [-0.1, -0.05) is 0 Å². The first-order chi connectivity index (χ1) is 5.49. The summed E-state index contributed by atoms with van der Waals surface area (Å²) in [5.41, 5.74) is 0. The summed E-state index contributed by atoms with van der Waals surface area (Å²) in [4.78, 5) is 11.0. The molecule has 0 radical (unpaired) electrons. The first-order valence-corrected chi connectivity index (χ1v) is 5.11. The van der Waals surface area contributed by atoms with Crippen LogP contribution in [0.3, 0.4) is 0 Å². The van der Waals surface area contributed by atoms with Gasteiger partial charge in [-0.2, -0.15) is 8.42 Å². The van der Waals surface area contributed by atoms with Gasteiger partial charge in [-0.25, -0.2) is 9.86 Å². The Bertz CT molecular complexity index is 268. The summed E-state index contributed by atoms with van der Waals surface area (Å²) in [6, 6.07) is -0.414. The van der Waals surface area contributed by atoms with Crippen molar-refractivity contribution < 1.29 is 13.2 Å². The summed E-state index contributed by atoms with van der Waals surface area (Å²) >= 11 is 0. The second-order valence-corrected chi connectivity index (χ2v) is 3.95. The summed E-state index contributed by atoms with van der Waals surface area (Å²) < 4.78 is 22.5. The molecule has 1 amide bonds. The Hall–Kier alpha value is -0.660. The van der Waals surface area contributed by atoms with E-state index >= 15 is 0 Å². The maximum Gasteiger partial charge on any atom is 0.298 e. The second-order valence-electron chi connectivity index (χ2n) is 2.66. The number of hydrogen-bond donors (Lipinski definition) is 3. The van der Waals surface area contributed by atoms with E-state index in [9.17, 15) is 13.2 Å². The van der Waals surface area contributed by atoms with E-state index in [-0.39, 0.29) is 0 Å². The molecule has 0 bridgehead atoms. The van der Waals surface area contributed by atoms with Crippen molar-refractivity contribution in [1.82, 2.24) is 10.0 Å². The summed E-state index contributed by atoms with van der Waals surface area (Å²) in [5.74, 6) is -0.574. The Balaban J connectivity index is 2.48. The Labute approximate surface area is 70.7 Å². The molecule has 12 heavy (non-hydrogen) atoms. The van der Waals surface area contributed by atoms with E-state index in [0.29, 0.717) is 6.42 Å². The number of hydrogen-bond acceptors (Lipinski definition) is 4. The van der Waals surface area contributed by atoms with Crippen molar-refractivity contribution in [3.63, 3.8) is 0 Å². The lowest BCUT2D eigenvalue weighted by molar-refractivity contribution is -0.121. The number of rotatable bonds is 2. The highest BCUT2D eigenvalue weighted by Crippen LogP contribution is 2.04. The smallest absolute Gasteiger partial charge is 0.298 e. The fourth-order valence-corrected chi connectivity index (χ4v) is 1.54. The number of nitrogens with one attached hydrogen (secondary N) is 2. The minimum Gasteiger partial charge on any atom is -0.306 e. The van der Waals surface area contributed by atoms with Gasteiger partial charge in [-0.3, -0.25) is 4.79 Å². The SMILES string of the molecule is NS(=O)(=O)NC(=O)[C@H]1CCCN1. The molecule has 1 rings (SSSR count). The van der Waals surface area contributed by atoms with Gasteiger partial charge in [0.25, 0.3) is 16.1 Å². The lowest BCUT2D eigenvalue weighted by Gasteiger charge is -2.08. The van der Waals surface area contributed by atoms with Crippen LogP contribution in [0.25, 0.3) is 0 Å². The molecule has 0 spiro atoms. The molecule has 0 unspecified atom stereocenters. The molecule has 1 fully saturated rings. The van der Waals surface area contributed by atoms with Crippen LogP contribution in [0.1, 0.15) is 12.8 Å². The number of carbonyl (C=O) groups excluding carboxylic acids is 1. The molecule has 7 heteroatoms. The molecule has 0 aliphatic carbocycles. The summed E-state index contributed by atoms with van der Waals surface area (Å²) in [5, 5.41) is 7.46. The third-order valence-corrected chi connectivity index (χ3v) is 2.11. The quantitative estimate of drug-likeness (QED) is 0.474. The van der Waals surface area contributed by atoms with Gasteiger partial charge in [0.15, 0.2) is 0 Å². The largest absolute Gasteiger partial charge is 0.306 e. The molecule has 6 nitrogen and oxygen atoms in total. The van der Waals surface area contributed by atoms with Crippen LogP contribution >= 0.6 is 0 Å². The highest BCUT2D eigenvalue weighted by molar-refractivity contribution is 7.87. The highest BCUT2D eigenvalue weighted by atomic mass is 32.2. The van der Waals surface area contributed by atoms with Gasteiger partial charge in [-0.05, 0) is 19.4 Å². The Kier molecular flexibility index (Phi) is 2.65. The van der Waals surface area contributed by atoms with Crippen molar-refractivity contribution in [2.24, 2.45) is 5.14 Å². The molecule has 0 aromatic heterocycles. The van der Waals surface area contributed by atoms with Crippen LogP contribution < -0.4 is 15.2 Å². The lowest BCUT2D eigenvalue weighted by atomic mass is 10.2. The number of amides is 1. The van der Waals surface area contributed by atoms with Crippen LogP contribution in [0.15, 0.2) is 0 Å². The van der Waals surface area contributed by atoms with Crippen molar-refractivity contribution in [2.75, 3.05) is 6.54 Å². The van der Waals surface area contributed by atoms with Crippen molar-refractivity contribution in [2.45, 2.75) is 18.9 Å². The predicted octanol–water partition coefficient (Wildman–Crippen LogP) is -1.94. The summed E-state index contributed by atoms with van der Waals surface area (Å²) in [6.07, 6.45) is 1.53. The molecule has 1 atom stereocenters. The molecule has 1 saturated heterocycles. The van der Waals surface area contributed by atoms with Crippen LogP contribution in [-0.2, 0) is 15.0 Å². The Morgan fingerprint density at radius 3 is 2.67 bits per heavy atom. The van der Waals surface area contributed by atoms with Gasteiger partial charge in [0.05, 0.1) is 6.04 Å². The van der Waals surface area contributed by atoms with E-state index in [4.69, 9.17) is 0 Å². The van der Waals surface area contributed by atoms with E-state index < -0.39 is 22.2 Å². The molecule has 70 valence electrons. The third-order valence-electron chi connectivity index (χ3n) is 1.62. The standard InChI is InChI=1S/C5H11N3O3S/c6-12(10,11)8-5(9)4-2-1-3-7-4/h4,7H,1-3H2,(H,8,9)(H2,6,10,11)/t4-/m1/s1. The fraction of sp³-hybridized carbons (Fsp3) is 0.800. The summed E-state index contributed by atoms with van der Waals surface area (Å²) in [7, 11) is -3.90. The topological polar surface area (TPSA) is 101 Å². The van der Waals surface area contributed by atoms with E-state index in [1.165, 1.54) is 0 Å². The molecule has 0 aromatic carbocycles. The van der Waals surface area contributed by atoms with E-state index in [1.54, 1.807) is 4.72 Å². The normalized spacial score (nSPS) is 23.9. The van der Waals surface area contributed by atoms with Crippen LogP contribution in [0.4, 0.5) is 0 Å². The van der Waals surface area contributed by atoms with Gasteiger partial charge < -0.3 is 5.32 Å². The van der Waals surface area contributed by atoms with Gasteiger partial charge in [0.1, 0.15) is 0 Å².